The molecule has 2 heteroatoms. The van der Waals surface area contributed by atoms with Crippen LogP contribution in [0.1, 0.15) is 11.1 Å². The van der Waals surface area contributed by atoms with Gasteiger partial charge in [0.2, 0.25) is 0 Å². The number of phenolic OH excluding ortho intramolecular Hbond substituents is 1. The van der Waals surface area contributed by atoms with Crippen LogP contribution in [0.4, 0.5) is 0 Å². The van der Waals surface area contributed by atoms with Gasteiger partial charge >= 0.3 is 0 Å². The number of allylic oxidation sites excluding steroid dienone is 4. The summed E-state index contributed by atoms with van der Waals surface area (Å²) in [5.74, 6) is 1.13. The predicted molar refractivity (Wildman–Crippen MR) is 97.0 cm³/mol. The number of benzene rings is 2. The summed E-state index contributed by atoms with van der Waals surface area (Å²) in [6, 6.07) is 15.3. The standard InChI is InChI=1S/C22H18O2/c23-22-11-7-6-10-20(22)16-17-24-21-14-12-19(13-15-21)18-8-4-2-1-3-5-9-18/h1-2,5-15,23H,16-17H2. The summed E-state index contributed by atoms with van der Waals surface area (Å²) in [7, 11) is 0. The zero-order chi connectivity index (χ0) is 16.6. The van der Waals surface area contributed by atoms with Gasteiger partial charge in [0.25, 0.3) is 0 Å². The third kappa shape index (κ3) is 4.18. The van der Waals surface area contributed by atoms with Crippen molar-refractivity contribution in [2.75, 3.05) is 6.61 Å². The van der Waals surface area contributed by atoms with Crippen LogP contribution < -0.4 is 4.74 Å². The molecule has 1 N–H and O–H groups in total. The second-order valence-corrected chi connectivity index (χ2v) is 5.35. The Labute approximate surface area is 142 Å². The number of para-hydroxylation sites is 1. The van der Waals surface area contributed by atoms with Crippen LogP contribution in [0, 0.1) is 0 Å². The fraction of sp³-hybridized carbons (Fsp3) is 0.0909. The summed E-state index contributed by atoms with van der Waals surface area (Å²) in [6.45, 7) is 0.524. The van der Waals surface area contributed by atoms with E-state index in [0.717, 1.165) is 22.4 Å². The molecule has 2 aromatic carbocycles. The lowest BCUT2D eigenvalue weighted by molar-refractivity contribution is 0.319. The summed E-state index contributed by atoms with van der Waals surface area (Å²) >= 11 is 0. The molecule has 0 saturated carbocycles. The molecule has 0 saturated heterocycles. The number of hydrogen-bond acceptors (Lipinski definition) is 2. The predicted octanol–water partition coefficient (Wildman–Crippen LogP) is 4.83. The highest BCUT2D eigenvalue weighted by molar-refractivity contribution is 5.75. The van der Waals surface area contributed by atoms with Gasteiger partial charge in [-0.2, -0.15) is 0 Å². The van der Waals surface area contributed by atoms with Gasteiger partial charge in [0.15, 0.2) is 0 Å². The quantitative estimate of drug-likeness (QED) is 0.801. The molecule has 2 nitrogen and oxygen atoms in total. The second-order valence-electron chi connectivity index (χ2n) is 5.35. The van der Waals surface area contributed by atoms with E-state index in [1.165, 1.54) is 0 Å². The Morgan fingerprint density at radius 2 is 1.67 bits per heavy atom. The second kappa shape index (κ2) is 7.89. The molecular weight excluding hydrogens is 296 g/mol. The van der Waals surface area contributed by atoms with E-state index in [0.29, 0.717) is 18.8 Å². The Bertz CT molecular complexity index is 857. The average molecular weight is 314 g/mol. The highest BCUT2D eigenvalue weighted by Gasteiger charge is 2.02. The zero-order valence-electron chi connectivity index (χ0n) is 13.3. The number of phenols is 1. The summed E-state index contributed by atoms with van der Waals surface area (Å²) in [5.41, 5.74) is 9.21. The average Bonchev–Trinajstić information content (AvgIpc) is 2.57. The van der Waals surface area contributed by atoms with E-state index in [2.05, 4.69) is 11.5 Å². The minimum absolute atomic E-state index is 0.314. The van der Waals surface area contributed by atoms with Crippen LogP contribution in [-0.4, -0.2) is 11.7 Å². The van der Waals surface area contributed by atoms with Crippen LogP contribution in [-0.2, 0) is 6.42 Å². The molecule has 1 aliphatic rings. The minimum Gasteiger partial charge on any atom is -0.508 e. The molecule has 1 aliphatic carbocycles. The van der Waals surface area contributed by atoms with Crippen LogP contribution >= 0.6 is 0 Å². The highest BCUT2D eigenvalue weighted by atomic mass is 16.5. The van der Waals surface area contributed by atoms with E-state index in [1.807, 2.05) is 72.8 Å². The number of ether oxygens (including phenoxy) is 1. The maximum Gasteiger partial charge on any atom is 0.119 e. The van der Waals surface area contributed by atoms with Gasteiger partial charge < -0.3 is 9.84 Å². The molecule has 0 aromatic heterocycles. The van der Waals surface area contributed by atoms with Gasteiger partial charge in [-0.05, 0) is 65.3 Å². The molecule has 118 valence electrons. The molecule has 0 heterocycles. The van der Waals surface area contributed by atoms with Crippen LogP contribution in [0.3, 0.4) is 0 Å². The molecule has 2 aromatic rings. The van der Waals surface area contributed by atoms with Crippen LogP contribution in [0.2, 0.25) is 0 Å². The van der Waals surface area contributed by atoms with Gasteiger partial charge in [-0.15, -0.1) is 11.5 Å². The van der Waals surface area contributed by atoms with Gasteiger partial charge in [-0.3, -0.25) is 0 Å². The van der Waals surface area contributed by atoms with Crippen molar-refractivity contribution in [1.82, 2.24) is 0 Å². The normalized spacial score (nSPS) is 12.6. The molecule has 0 unspecified atom stereocenters. The van der Waals surface area contributed by atoms with E-state index in [1.54, 1.807) is 6.07 Å². The van der Waals surface area contributed by atoms with Crippen molar-refractivity contribution >= 4 is 5.57 Å². The first-order valence-corrected chi connectivity index (χ1v) is 7.87. The number of aromatic hydroxyl groups is 1. The molecule has 24 heavy (non-hydrogen) atoms. The van der Waals surface area contributed by atoms with E-state index in [-0.39, 0.29) is 0 Å². The maximum atomic E-state index is 9.75. The first-order valence-electron chi connectivity index (χ1n) is 7.87. The molecule has 0 radical (unpaired) electrons. The summed E-state index contributed by atoms with van der Waals surface area (Å²) in [5, 5.41) is 9.75. The fourth-order valence-corrected chi connectivity index (χ4v) is 2.40. The first kappa shape index (κ1) is 15.7. The molecule has 0 fully saturated rings. The van der Waals surface area contributed by atoms with E-state index in [4.69, 9.17) is 4.74 Å². The van der Waals surface area contributed by atoms with Gasteiger partial charge in [0, 0.05) is 6.42 Å². The van der Waals surface area contributed by atoms with Crippen molar-refractivity contribution in [3.63, 3.8) is 0 Å². The van der Waals surface area contributed by atoms with Crippen molar-refractivity contribution in [3.8, 4) is 11.5 Å². The molecule has 0 spiro atoms. The Morgan fingerprint density at radius 1 is 0.875 bits per heavy atom. The zero-order valence-corrected chi connectivity index (χ0v) is 13.3. The highest BCUT2D eigenvalue weighted by Crippen LogP contribution is 2.21. The van der Waals surface area contributed by atoms with Crippen molar-refractivity contribution in [2.45, 2.75) is 6.42 Å². The molecule has 0 bridgehead atoms. The molecule has 0 atom stereocenters. The maximum absolute atomic E-state index is 9.75. The lowest BCUT2D eigenvalue weighted by Gasteiger charge is -2.08. The molecule has 3 rings (SSSR count). The lowest BCUT2D eigenvalue weighted by atomic mass is 10.0. The molecule has 0 amide bonds. The van der Waals surface area contributed by atoms with Crippen molar-refractivity contribution in [1.29, 1.82) is 0 Å². The fourth-order valence-electron chi connectivity index (χ4n) is 2.40. The summed E-state index contributed by atoms with van der Waals surface area (Å²) in [4.78, 5) is 0. The van der Waals surface area contributed by atoms with Gasteiger partial charge in [0.1, 0.15) is 11.5 Å². The van der Waals surface area contributed by atoms with Gasteiger partial charge in [0.05, 0.1) is 6.61 Å². The SMILES string of the molecule is Oc1ccccc1CCOc1ccc(C2=CC=C=CC=C=C2)cc1. The third-order valence-electron chi connectivity index (χ3n) is 3.69. The van der Waals surface area contributed by atoms with E-state index < -0.39 is 0 Å². The summed E-state index contributed by atoms with van der Waals surface area (Å²) in [6.07, 6.45) is 10.2. The third-order valence-corrected chi connectivity index (χ3v) is 3.69. The molecule has 0 aliphatic heterocycles. The van der Waals surface area contributed by atoms with Crippen molar-refractivity contribution in [3.05, 3.63) is 102 Å². The first-order chi connectivity index (χ1) is 11.8. The van der Waals surface area contributed by atoms with E-state index >= 15 is 0 Å². The number of rotatable bonds is 5. The van der Waals surface area contributed by atoms with Crippen molar-refractivity contribution in [2.24, 2.45) is 0 Å². The largest absolute Gasteiger partial charge is 0.508 e. The van der Waals surface area contributed by atoms with Crippen LogP contribution in [0.25, 0.3) is 5.57 Å². The van der Waals surface area contributed by atoms with Crippen molar-refractivity contribution < 1.29 is 9.84 Å². The Kier molecular flexibility index (Phi) is 5.17. The number of hydrogen-bond donors (Lipinski definition) is 1. The van der Waals surface area contributed by atoms with Gasteiger partial charge in [-0.25, -0.2) is 0 Å². The van der Waals surface area contributed by atoms with Crippen LogP contribution in [0.15, 0.2) is 90.4 Å². The minimum atomic E-state index is 0.314. The Balaban J connectivity index is 1.62. The summed E-state index contributed by atoms with van der Waals surface area (Å²) < 4.78 is 5.76. The smallest absolute Gasteiger partial charge is 0.119 e. The lowest BCUT2D eigenvalue weighted by Crippen LogP contribution is -2.01. The van der Waals surface area contributed by atoms with Gasteiger partial charge in [-0.1, -0.05) is 30.3 Å². The Hall–Kier alpha value is -3.18. The van der Waals surface area contributed by atoms with E-state index in [9.17, 15) is 5.11 Å². The monoisotopic (exact) mass is 314 g/mol. The van der Waals surface area contributed by atoms with Crippen LogP contribution in [0.5, 0.6) is 11.5 Å². The Morgan fingerprint density at radius 3 is 2.50 bits per heavy atom. The topological polar surface area (TPSA) is 29.5 Å². The molecular formula is C22H18O2.